The van der Waals surface area contributed by atoms with Crippen LogP contribution in [-0.2, 0) is 11.2 Å². The third-order valence-electron chi connectivity index (χ3n) is 3.77. The zero-order valence-corrected chi connectivity index (χ0v) is 11.0. The molecule has 104 valence electrons. The van der Waals surface area contributed by atoms with Gasteiger partial charge in [0.15, 0.2) is 11.6 Å². The van der Waals surface area contributed by atoms with Gasteiger partial charge in [0.05, 0.1) is 6.42 Å². The second-order valence-electron chi connectivity index (χ2n) is 5.00. The quantitative estimate of drug-likeness (QED) is 0.879. The van der Waals surface area contributed by atoms with Gasteiger partial charge in [-0.1, -0.05) is 6.07 Å². The van der Waals surface area contributed by atoms with Crippen molar-refractivity contribution in [1.82, 2.24) is 10.6 Å². The topological polar surface area (TPSA) is 41.1 Å². The van der Waals surface area contributed by atoms with Crippen LogP contribution in [0.5, 0.6) is 0 Å². The summed E-state index contributed by atoms with van der Waals surface area (Å²) in [6.45, 7) is 1.92. The Kier molecular flexibility index (Phi) is 4.06. The maximum Gasteiger partial charge on any atom is 0.224 e. The Morgan fingerprint density at radius 2 is 1.95 bits per heavy atom. The van der Waals surface area contributed by atoms with Gasteiger partial charge in [-0.2, -0.15) is 0 Å². The highest BCUT2D eigenvalue weighted by atomic mass is 35.5. The fourth-order valence-corrected chi connectivity index (χ4v) is 2.70. The molecule has 1 saturated heterocycles. The number of carbonyl (C=O) groups excluding carboxylic acids is 1. The molecule has 0 radical (unpaired) electrons. The van der Waals surface area contributed by atoms with Gasteiger partial charge in [-0.05, 0) is 29.5 Å². The van der Waals surface area contributed by atoms with E-state index in [-0.39, 0.29) is 30.8 Å². The van der Waals surface area contributed by atoms with E-state index in [0.29, 0.717) is 17.4 Å². The van der Waals surface area contributed by atoms with Gasteiger partial charge in [0.2, 0.25) is 5.91 Å². The zero-order chi connectivity index (χ0) is 12.7. The zero-order valence-electron chi connectivity index (χ0n) is 10.2. The molecule has 1 aliphatic carbocycles. The highest BCUT2D eigenvalue weighted by Gasteiger charge is 2.53. The van der Waals surface area contributed by atoms with Crippen LogP contribution in [0.25, 0.3) is 0 Å². The molecule has 6 heteroatoms. The average molecular weight is 289 g/mol. The van der Waals surface area contributed by atoms with E-state index in [4.69, 9.17) is 0 Å². The first-order valence-corrected chi connectivity index (χ1v) is 6.09. The Balaban J connectivity index is 0.00000133. The van der Waals surface area contributed by atoms with Crippen molar-refractivity contribution in [3.8, 4) is 0 Å². The van der Waals surface area contributed by atoms with Crippen molar-refractivity contribution in [3.05, 3.63) is 35.4 Å². The predicted molar refractivity (Wildman–Crippen MR) is 69.1 cm³/mol. The van der Waals surface area contributed by atoms with Crippen LogP contribution in [-0.4, -0.2) is 25.0 Å². The molecule has 2 aliphatic rings. The molecule has 2 unspecified atom stereocenters. The van der Waals surface area contributed by atoms with Gasteiger partial charge in [-0.25, -0.2) is 8.78 Å². The van der Waals surface area contributed by atoms with E-state index in [1.165, 1.54) is 6.07 Å². The standard InChI is InChI=1S/C13H14F2N2O.ClH/c14-10-2-1-7(3-11(10)15)4-12(18)17-13-8-5-16-6-9(8)13;/h1-3,8-9,13,16H,4-6H2,(H,17,18);1H. The lowest BCUT2D eigenvalue weighted by Crippen LogP contribution is -2.33. The Bertz CT molecular complexity index is 488. The summed E-state index contributed by atoms with van der Waals surface area (Å²) in [5.74, 6) is -0.812. The van der Waals surface area contributed by atoms with Crippen LogP contribution in [0.4, 0.5) is 8.78 Å². The van der Waals surface area contributed by atoms with Crippen LogP contribution in [0.15, 0.2) is 18.2 Å². The van der Waals surface area contributed by atoms with Gasteiger partial charge in [0.25, 0.3) is 0 Å². The molecular formula is C13H15ClF2N2O. The lowest BCUT2D eigenvalue weighted by molar-refractivity contribution is -0.120. The summed E-state index contributed by atoms with van der Waals surface area (Å²) in [4.78, 5) is 11.7. The van der Waals surface area contributed by atoms with E-state index in [9.17, 15) is 13.6 Å². The fourth-order valence-electron chi connectivity index (χ4n) is 2.70. The predicted octanol–water partition coefficient (Wildman–Crippen LogP) is 1.26. The van der Waals surface area contributed by atoms with Gasteiger partial charge in [-0.3, -0.25) is 4.79 Å². The number of amides is 1. The van der Waals surface area contributed by atoms with E-state index >= 15 is 0 Å². The van der Waals surface area contributed by atoms with E-state index in [1.807, 2.05) is 0 Å². The molecule has 1 saturated carbocycles. The van der Waals surface area contributed by atoms with Crippen LogP contribution in [0, 0.1) is 23.5 Å². The maximum atomic E-state index is 13.0. The lowest BCUT2D eigenvalue weighted by Gasteiger charge is -2.08. The average Bonchev–Trinajstić information content (AvgIpc) is 2.76. The molecule has 3 rings (SSSR count). The molecule has 0 spiro atoms. The molecule has 19 heavy (non-hydrogen) atoms. The number of hydrogen-bond donors (Lipinski definition) is 2. The third kappa shape index (κ3) is 2.87. The number of carbonyl (C=O) groups is 1. The molecule has 1 aromatic carbocycles. The molecule has 0 bridgehead atoms. The summed E-state index contributed by atoms with van der Waals surface area (Å²) in [5.41, 5.74) is 0.496. The van der Waals surface area contributed by atoms with Crippen LogP contribution in [0.2, 0.25) is 0 Å². The second-order valence-corrected chi connectivity index (χ2v) is 5.00. The summed E-state index contributed by atoms with van der Waals surface area (Å²) in [6.07, 6.45) is 0.0978. The van der Waals surface area contributed by atoms with Crippen molar-refractivity contribution in [1.29, 1.82) is 0 Å². The third-order valence-corrected chi connectivity index (χ3v) is 3.77. The van der Waals surface area contributed by atoms with Gasteiger partial charge in [0.1, 0.15) is 0 Å². The smallest absolute Gasteiger partial charge is 0.224 e. The van der Waals surface area contributed by atoms with Crippen molar-refractivity contribution in [3.63, 3.8) is 0 Å². The van der Waals surface area contributed by atoms with E-state index < -0.39 is 11.6 Å². The summed E-state index contributed by atoms with van der Waals surface area (Å²) in [7, 11) is 0. The summed E-state index contributed by atoms with van der Waals surface area (Å²) in [5, 5.41) is 6.19. The van der Waals surface area contributed by atoms with Crippen LogP contribution in [0.1, 0.15) is 5.56 Å². The lowest BCUT2D eigenvalue weighted by atomic mass is 10.1. The summed E-state index contributed by atoms with van der Waals surface area (Å²) < 4.78 is 25.7. The number of fused-ring (bicyclic) bond motifs is 1. The van der Waals surface area contributed by atoms with Gasteiger partial charge in [0, 0.05) is 19.1 Å². The molecule has 2 fully saturated rings. The molecule has 1 aliphatic heterocycles. The number of rotatable bonds is 3. The first-order valence-electron chi connectivity index (χ1n) is 6.09. The van der Waals surface area contributed by atoms with Crippen LogP contribution >= 0.6 is 12.4 Å². The minimum absolute atomic E-state index is 0. The molecule has 0 aromatic heterocycles. The van der Waals surface area contributed by atoms with Crippen molar-refractivity contribution in [2.24, 2.45) is 11.8 Å². The van der Waals surface area contributed by atoms with Crippen molar-refractivity contribution < 1.29 is 13.6 Å². The number of benzene rings is 1. The van der Waals surface area contributed by atoms with Crippen molar-refractivity contribution in [2.45, 2.75) is 12.5 Å². The van der Waals surface area contributed by atoms with Crippen molar-refractivity contribution in [2.75, 3.05) is 13.1 Å². The minimum atomic E-state index is -0.909. The van der Waals surface area contributed by atoms with Crippen molar-refractivity contribution >= 4 is 18.3 Å². The molecule has 1 heterocycles. The highest BCUT2D eigenvalue weighted by molar-refractivity contribution is 5.85. The largest absolute Gasteiger partial charge is 0.352 e. The number of nitrogens with one attached hydrogen (secondary N) is 2. The van der Waals surface area contributed by atoms with Crippen LogP contribution < -0.4 is 10.6 Å². The highest BCUT2D eigenvalue weighted by Crippen LogP contribution is 2.41. The number of hydrogen-bond acceptors (Lipinski definition) is 2. The number of halogens is 3. The Morgan fingerprint density at radius 1 is 1.26 bits per heavy atom. The summed E-state index contributed by atoms with van der Waals surface area (Å²) in [6, 6.07) is 3.83. The molecule has 3 nitrogen and oxygen atoms in total. The van der Waals surface area contributed by atoms with Gasteiger partial charge < -0.3 is 10.6 Å². The Labute approximate surface area is 116 Å². The minimum Gasteiger partial charge on any atom is -0.352 e. The SMILES string of the molecule is Cl.O=C(Cc1ccc(F)c(F)c1)NC1C2CNCC21. The molecule has 1 amide bonds. The monoisotopic (exact) mass is 288 g/mol. The normalized spacial score (nSPS) is 27.4. The van der Waals surface area contributed by atoms with E-state index in [1.54, 1.807) is 0 Å². The molecule has 1 aromatic rings. The van der Waals surface area contributed by atoms with E-state index in [2.05, 4.69) is 10.6 Å². The first kappa shape index (κ1) is 14.2. The van der Waals surface area contributed by atoms with Gasteiger partial charge >= 0.3 is 0 Å². The molecule has 2 atom stereocenters. The Hall–Kier alpha value is -1.20. The fraction of sp³-hybridized carbons (Fsp3) is 0.462. The Morgan fingerprint density at radius 3 is 2.58 bits per heavy atom. The molecular weight excluding hydrogens is 274 g/mol. The first-order chi connectivity index (χ1) is 8.65. The summed E-state index contributed by atoms with van der Waals surface area (Å²) >= 11 is 0. The molecule has 2 N–H and O–H groups in total. The maximum absolute atomic E-state index is 13.0. The van der Waals surface area contributed by atoms with E-state index in [0.717, 1.165) is 25.2 Å². The van der Waals surface area contributed by atoms with Crippen LogP contribution in [0.3, 0.4) is 0 Å². The second kappa shape index (κ2) is 5.43. The number of piperidine rings is 1. The van der Waals surface area contributed by atoms with Gasteiger partial charge in [-0.15, -0.1) is 12.4 Å².